The van der Waals surface area contributed by atoms with Gasteiger partial charge in [-0.1, -0.05) is 62.3 Å². The van der Waals surface area contributed by atoms with E-state index in [1.807, 2.05) is 0 Å². The zero-order valence-electron chi connectivity index (χ0n) is 26.5. The molecule has 206 valence electrons. The van der Waals surface area contributed by atoms with Gasteiger partial charge in [0.25, 0.3) is 0 Å². The molecule has 0 bridgehead atoms. The fourth-order valence-electron chi connectivity index (χ4n) is 3.05. The van der Waals surface area contributed by atoms with Crippen molar-refractivity contribution >= 4 is 25.0 Å². The van der Waals surface area contributed by atoms with Crippen molar-refractivity contribution in [1.29, 1.82) is 0 Å². The third-order valence-electron chi connectivity index (χ3n) is 8.65. The normalized spacial score (nSPS) is 24.5. The van der Waals surface area contributed by atoms with E-state index in [2.05, 4.69) is 120 Å². The second-order valence-corrected chi connectivity index (χ2v) is 28.9. The molecule has 0 aromatic rings. The summed E-state index contributed by atoms with van der Waals surface area (Å²) in [7, 11) is -6.21. The Kier molecular flexibility index (Phi) is 12.9. The first-order valence-corrected chi connectivity index (χ1v) is 21.8. The Hall–Kier alpha value is 0.408. The molecular weight excluding hydrogens is 495 g/mol. The summed E-state index contributed by atoms with van der Waals surface area (Å²) < 4.78 is 33.0. The molecule has 0 amide bonds. The quantitative estimate of drug-likeness (QED) is 0.174. The van der Waals surface area contributed by atoms with Crippen molar-refractivity contribution in [1.82, 2.24) is 0 Å². The van der Waals surface area contributed by atoms with Crippen molar-refractivity contribution in [2.45, 2.75) is 148 Å². The SMILES string of the molecule is C=C=[C-]O[C@H]1C[C@@H](O[Si](C)(C)C(C)(C)C)[C@H](O[Si](C)(C)C(C)(C)C)[C@@H](CO[Si](C)(C)C(C)(C)C)O1.[Li+]. The number of rotatable bonds is 9. The second kappa shape index (κ2) is 12.7. The molecule has 0 aliphatic carbocycles. The van der Waals surface area contributed by atoms with Gasteiger partial charge in [-0.05, 0) is 60.7 Å². The van der Waals surface area contributed by atoms with Crippen LogP contribution in [0.2, 0.25) is 54.4 Å². The molecule has 5 nitrogen and oxygen atoms in total. The van der Waals surface area contributed by atoms with Gasteiger partial charge in [0, 0.05) is 6.42 Å². The number of ether oxygens (including phenoxy) is 2. The van der Waals surface area contributed by atoms with Crippen LogP contribution in [0.1, 0.15) is 68.7 Å². The third-order valence-corrected chi connectivity index (χ3v) is 22.1. The maximum atomic E-state index is 7.07. The largest absolute Gasteiger partial charge is 1.00 e. The molecule has 0 spiro atoms. The second-order valence-electron chi connectivity index (χ2n) is 14.6. The predicted molar refractivity (Wildman–Crippen MR) is 154 cm³/mol. The molecule has 1 fully saturated rings. The van der Waals surface area contributed by atoms with Gasteiger partial charge in [0.05, 0.1) is 18.8 Å². The third kappa shape index (κ3) is 9.55. The van der Waals surface area contributed by atoms with E-state index in [1.54, 1.807) is 0 Å². The van der Waals surface area contributed by atoms with Crippen LogP contribution < -0.4 is 18.9 Å². The van der Waals surface area contributed by atoms with Crippen LogP contribution in [-0.4, -0.2) is 56.2 Å². The van der Waals surface area contributed by atoms with Gasteiger partial charge in [-0.3, -0.25) is 5.73 Å². The van der Waals surface area contributed by atoms with Gasteiger partial charge in [0.2, 0.25) is 0 Å². The van der Waals surface area contributed by atoms with Gasteiger partial charge in [0.1, 0.15) is 6.10 Å². The molecule has 1 aliphatic heterocycles. The van der Waals surface area contributed by atoms with Gasteiger partial charge in [-0.25, -0.2) is 6.58 Å². The van der Waals surface area contributed by atoms with E-state index in [0.29, 0.717) is 13.0 Å². The molecule has 0 aromatic carbocycles. The van der Waals surface area contributed by atoms with Crippen LogP contribution >= 0.6 is 0 Å². The molecule has 1 rings (SSSR count). The van der Waals surface area contributed by atoms with Crippen LogP contribution in [0.5, 0.6) is 0 Å². The van der Waals surface area contributed by atoms with E-state index in [0.717, 1.165) is 0 Å². The molecule has 9 heteroatoms. The molecule has 0 N–H and O–H groups in total. The van der Waals surface area contributed by atoms with Crippen LogP contribution in [0.25, 0.3) is 0 Å². The molecule has 4 atom stereocenters. The first-order chi connectivity index (χ1) is 15.5. The Labute approximate surface area is 238 Å². The summed E-state index contributed by atoms with van der Waals surface area (Å²) in [4.78, 5) is 0. The van der Waals surface area contributed by atoms with Gasteiger partial charge in [-0.2, -0.15) is 0 Å². The Bertz CT molecular complexity index is 744. The van der Waals surface area contributed by atoms with Crippen molar-refractivity contribution in [3.8, 4) is 0 Å². The minimum absolute atomic E-state index is 0. The molecule has 1 aliphatic rings. The minimum Gasteiger partial charge on any atom is -0.562 e. The summed E-state index contributed by atoms with van der Waals surface area (Å²) >= 11 is 0. The summed E-state index contributed by atoms with van der Waals surface area (Å²) in [6.07, 6.45) is 2.00. The molecule has 0 unspecified atom stereocenters. The molecule has 0 saturated carbocycles. The molecule has 1 saturated heterocycles. The van der Waals surface area contributed by atoms with Crippen molar-refractivity contribution in [3.63, 3.8) is 0 Å². The topological polar surface area (TPSA) is 46.2 Å². The minimum atomic E-state index is -2.12. The van der Waals surface area contributed by atoms with Crippen LogP contribution in [0.15, 0.2) is 12.3 Å². The molecular formula is C27H55LiO5Si3. The first-order valence-electron chi connectivity index (χ1n) is 13.0. The maximum absolute atomic E-state index is 7.07. The zero-order valence-corrected chi connectivity index (χ0v) is 29.5. The fraction of sp³-hybridized carbons (Fsp3) is 0.889. The van der Waals surface area contributed by atoms with Crippen molar-refractivity contribution in [3.05, 3.63) is 18.6 Å². The molecule has 0 aromatic heterocycles. The van der Waals surface area contributed by atoms with Gasteiger partial charge >= 0.3 is 18.9 Å². The predicted octanol–water partition coefficient (Wildman–Crippen LogP) is 5.03. The monoisotopic (exact) mass is 550 g/mol. The summed E-state index contributed by atoms with van der Waals surface area (Å²) in [5.74, 6) is 0. The Morgan fingerprint density at radius 3 is 1.67 bits per heavy atom. The van der Waals surface area contributed by atoms with Crippen molar-refractivity contribution in [2.75, 3.05) is 6.61 Å². The average molecular weight is 551 g/mol. The standard InChI is InChI=1S/C27H55O5Si3.Li/c1-17-18-28-23-19-21(31-34(13,14)26(5,6)7)24(32-35(15,16)27(8,9)10)22(30-23)20-29-33(11,12)25(2,3)4;/h21-24H,1,19-20H2,2-16H3;/q-1;+1/t21-,22-,23-,24+;/m1./s1. The van der Waals surface area contributed by atoms with E-state index < -0.39 is 31.2 Å². The van der Waals surface area contributed by atoms with Crippen molar-refractivity contribution < 1.29 is 41.6 Å². The van der Waals surface area contributed by atoms with Crippen LogP contribution in [0.3, 0.4) is 0 Å². The number of hydrogen-bond donors (Lipinski definition) is 0. The Morgan fingerprint density at radius 2 is 1.25 bits per heavy atom. The first kappa shape index (κ1) is 36.4. The average Bonchev–Trinajstić information content (AvgIpc) is 2.63. The maximum Gasteiger partial charge on any atom is 1.00 e. The van der Waals surface area contributed by atoms with Crippen LogP contribution in [0, 0.1) is 6.26 Å². The smallest absolute Gasteiger partial charge is 0.562 e. The molecule has 0 radical (unpaired) electrons. The van der Waals surface area contributed by atoms with E-state index in [9.17, 15) is 0 Å². The van der Waals surface area contributed by atoms with Gasteiger partial charge in [-0.15, -0.1) is 0 Å². The van der Waals surface area contributed by atoms with Gasteiger partial charge < -0.3 is 22.8 Å². The summed E-state index contributed by atoms with van der Waals surface area (Å²) in [6.45, 7) is 38.1. The summed E-state index contributed by atoms with van der Waals surface area (Å²) in [5, 5.41) is 0.235. The van der Waals surface area contributed by atoms with Crippen LogP contribution in [0.4, 0.5) is 0 Å². The molecule has 1 heterocycles. The Balaban J connectivity index is 0.0000122. The van der Waals surface area contributed by atoms with E-state index in [4.69, 9.17) is 22.8 Å². The van der Waals surface area contributed by atoms with Crippen LogP contribution in [-0.2, 0) is 22.8 Å². The van der Waals surface area contributed by atoms with E-state index >= 15 is 0 Å². The van der Waals surface area contributed by atoms with Crippen molar-refractivity contribution in [2.24, 2.45) is 0 Å². The molecule has 36 heavy (non-hydrogen) atoms. The van der Waals surface area contributed by atoms with E-state index in [-0.39, 0.29) is 52.3 Å². The zero-order chi connectivity index (χ0) is 27.7. The fourth-order valence-corrected chi connectivity index (χ4v) is 6.75. The Morgan fingerprint density at radius 1 is 0.806 bits per heavy atom. The van der Waals surface area contributed by atoms with E-state index in [1.165, 1.54) is 0 Å². The summed E-state index contributed by atoms with van der Waals surface area (Å²) in [5.41, 5.74) is 2.58. The van der Waals surface area contributed by atoms with Gasteiger partial charge in [0.15, 0.2) is 31.2 Å². The number of hydrogen-bond acceptors (Lipinski definition) is 5. The summed E-state index contributed by atoms with van der Waals surface area (Å²) in [6, 6.07) is 0.